The summed E-state index contributed by atoms with van der Waals surface area (Å²) in [5, 5.41) is 11.9. The maximum atomic E-state index is 12.9. The minimum Gasteiger partial charge on any atom is -0.461 e. The van der Waals surface area contributed by atoms with E-state index in [1.165, 1.54) is 18.2 Å². The summed E-state index contributed by atoms with van der Waals surface area (Å²) < 4.78 is 43.9. The van der Waals surface area contributed by atoms with Gasteiger partial charge in [0.15, 0.2) is 0 Å². The van der Waals surface area contributed by atoms with Gasteiger partial charge in [0.1, 0.15) is 12.3 Å². The fourth-order valence-electron chi connectivity index (χ4n) is 3.33. The van der Waals surface area contributed by atoms with E-state index in [2.05, 4.69) is 0 Å². The van der Waals surface area contributed by atoms with Crippen LogP contribution >= 0.6 is 23.2 Å². The zero-order chi connectivity index (χ0) is 23.5. The molecule has 0 bridgehead atoms. The Bertz CT molecular complexity index is 1010. The number of esters is 1. The molecular weight excluding hydrogens is 474 g/mol. The van der Waals surface area contributed by atoms with Gasteiger partial charge >= 0.3 is 12.1 Å². The first-order valence-corrected chi connectivity index (χ1v) is 10.3. The maximum Gasteiger partial charge on any atom is 0.416 e. The average Bonchev–Trinajstić information content (AvgIpc) is 2.73. The molecule has 2 aromatic carbocycles. The van der Waals surface area contributed by atoms with Gasteiger partial charge in [-0.25, -0.2) is 4.79 Å². The first-order valence-electron chi connectivity index (χ1n) is 9.51. The molecule has 0 saturated carbocycles. The Morgan fingerprint density at radius 3 is 2.38 bits per heavy atom. The number of carbonyl (C=O) groups excluding carboxylic acids is 1. The van der Waals surface area contributed by atoms with Crippen LogP contribution in [0.5, 0.6) is 0 Å². The first kappa shape index (κ1) is 24.1. The van der Waals surface area contributed by atoms with Crippen LogP contribution in [0.25, 0.3) is 0 Å². The number of ether oxygens (including phenoxy) is 1. The van der Waals surface area contributed by atoms with Gasteiger partial charge in [0.05, 0.1) is 21.1 Å². The van der Waals surface area contributed by atoms with E-state index in [0.717, 1.165) is 12.1 Å². The standard InChI is InChI=1S/C20H18Cl2F3N3O4/c21-14-2-3-15(16(22)12-14)19(29)32-10-9-26-5-7-27(8-6-26)17-4-1-13(20(23,24)25)11-18(17)28(30)31/h1-4,11-12H,5-10H2. The lowest BCUT2D eigenvalue weighted by Gasteiger charge is -2.35. The van der Waals surface area contributed by atoms with Gasteiger partial charge in [-0.2, -0.15) is 13.2 Å². The van der Waals surface area contributed by atoms with Crippen LogP contribution in [-0.4, -0.2) is 55.1 Å². The van der Waals surface area contributed by atoms with Crippen molar-refractivity contribution in [3.63, 3.8) is 0 Å². The third-order valence-corrected chi connectivity index (χ3v) is 5.55. The molecule has 0 N–H and O–H groups in total. The predicted octanol–water partition coefficient (Wildman–Crippen LogP) is 4.90. The van der Waals surface area contributed by atoms with Crippen molar-refractivity contribution in [1.29, 1.82) is 0 Å². The Hall–Kier alpha value is -2.56. The fourth-order valence-corrected chi connectivity index (χ4v) is 3.81. The summed E-state index contributed by atoms with van der Waals surface area (Å²) in [5.74, 6) is -0.578. The molecule has 1 aliphatic heterocycles. The molecule has 0 unspecified atom stereocenters. The molecule has 0 atom stereocenters. The number of carbonyl (C=O) groups is 1. The molecule has 0 radical (unpaired) electrons. The number of piperazine rings is 1. The Morgan fingerprint density at radius 2 is 1.78 bits per heavy atom. The van der Waals surface area contributed by atoms with Crippen LogP contribution in [0, 0.1) is 10.1 Å². The summed E-state index contributed by atoms with van der Waals surface area (Å²) in [6, 6.07) is 6.99. The summed E-state index contributed by atoms with van der Waals surface area (Å²) in [7, 11) is 0. The minimum atomic E-state index is -4.66. The Labute approximate surface area is 191 Å². The number of benzene rings is 2. The number of alkyl halides is 3. The van der Waals surface area contributed by atoms with Gasteiger partial charge < -0.3 is 9.64 Å². The smallest absolute Gasteiger partial charge is 0.416 e. The second-order valence-corrected chi connectivity index (χ2v) is 7.89. The van der Waals surface area contributed by atoms with E-state index in [0.29, 0.717) is 43.8 Å². The van der Waals surface area contributed by atoms with Crippen molar-refractivity contribution in [2.75, 3.05) is 44.2 Å². The molecule has 7 nitrogen and oxygen atoms in total. The zero-order valence-electron chi connectivity index (χ0n) is 16.6. The monoisotopic (exact) mass is 491 g/mol. The number of nitrogens with zero attached hydrogens (tertiary/aromatic N) is 3. The molecule has 3 rings (SSSR count). The van der Waals surface area contributed by atoms with Crippen molar-refractivity contribution >= 4 is 40.5 Å². The molecule has 0 amide bonds. The summed E-state index contributed by atoms with van der Waals surface area (Å²) in [6.07, 6.45) is -4.66. The number of nitro groups is 1. The number of rotatable bonds is 6. The van der Waals surface area contributed by atoms with Gasteiger partial charge in [0.25, 0.3) is 5.69 Å². The number of halogens is 5. The molecule has 1 fully saturated rings. The number of hydrogen-bond donors (Lipinski definition) is 0. The molecule has 1 heterocycles. The van der Waals surface area contributed by atoms with Crippen molar-refractivity contribution in [2.24, 2.45) is 0 Å². The van der Waals surface area contributed by atoms with Crippen LogP contribution in [0.4, 0.5) is 24.5 Å². The summed E-state index contributed by atoms with van der Waals surface area (Å²) >= 11 is 11.8. The molecule has 0 spiro atoms. The van der Waals surface area contributed by atoms with Crippen molar-refractivity contribution in [3.8, 4) is 0 Å². The van der Waals surface area contributed by atoms with Crippen molar-refractivity contribution in [3.05, 3.63) is 67.7 Å². The maximum absolute atomic E-state index is 12.9. The van der Waals surface area contributed by atoms with Gasteiger partial charge in [-0.1, -0.05) is 23.2 Å². The highest BCUT2D eigenvalue weighted by molar-refractivity contribution is 6.36. The second-order valence-electron chi connectivity index (χ2n) is 7.05. The topological polar surface area (TPSA) is 75.9 Å². The Balaban J connectivity index is 1.54. The lowest BCUT2D eigenvalue weighted by Crippen LogP contribution is -2.47. The van der Waals surface area contributed by atoms with Gasteiger partial charge in [0.2, 0.25) is 0 Å². The van der Waals surface area contributed by atoms with Crippen LogP contribution < -0.4 is 4.90 Å². The molecule has 32 heavy (non-hydrogen) atoms. The SMILES string of the molecule is O=C(OCCN1CCN(c2ccc(C(F)(F)F)cc2[N+](=O)[O-])CC1)c1ccc(Cl)cc1Cl. The summed E-state index contributed by atoms with van der Waals surface area (Å²) in [6.45, 7) is 2.29. The molecule has 2 aromatic rings. The van der Waals surface area contributed by atoms with E-state index in [1.807, 2.05) is 4.90 Å². The molecule has 1 aliphatic rings. The second kappa shape index (κ2) is 9.93. The predicted molar refractivity (Wildman–Crippen MR) is 113 cm³/mol. The van der Waals surface area contributed by atoms with Crippen LogP contribution in [0.2, 0.25) is 10.0 Å². The van der Waals surface area contributed by atoms with Gasteiger partial charge in [-0.15, -0.1) is 0 Å². The quantitative estimate of drug-likeness (QED) is 0.325. The molecular formula is C20H18Cl2F3N3O4. The molecule has 172 valence electrons. The molecule has 1 saturated heterocycles. The highest BCUT2D eigenvalue weighted by Crippen LogP contribution is 2.36. The van der Waals surface area contributed by atoms with E-state index in [1.54, 1.807) is 4.90 Å². The fraction of sp³-hybridized carbons (Fsp3) is 0.350. The number of hydrogen-bond acceptors (Lipinski definition) is 6. The van der Waals surface area contributed by atoms with Crippen molar-refractivity contribution in [2.45, 2.75) is 6.18 Å². The van der Waals surface area contributed by atoms with Crippen LogP contribution in [0.3, 0.4) is 0 Å². The van der Waals surface area contributed by atoms with E-state index < -0.39 is 28.3 Å². The lowest BCUT2D eigenvalue weighted by molar-refractivity contribution is -0.384. The van der Waals surface area contributed by atoms with Crippen LogP contribution in [0.1, 0.15) is 15.9 Å². The molecule has 12 heteroatoms. The summed E-state index contributed by atoms with van der Waals surface area (Å²) in [4.78, 5) is 26.3. The Kier molecular flexibility index (Phi) is 7.47. The third-order valence-electron chi connectivity index (χ3n) is 5.00. The average molecular weight is 492 g/mol. The highest BCUT2D eigenvalue weighted by atomic mass is 35.5. The third kappa shape index (κ3) is 5.81. The summed E-state index contributed by atoms with van der Waals surface area (Å²) in [5.41, 5.74) is -1.29. The largest absolute Gasteiger partial charge is 0.461 e. The van der Waals surface area contributed by atoms with E-state index >= 15 is 0 Å². The van der Waals surface area contributed by atoms with Gasteiger partial charge in [-0.05, 0) is 30.3 Å². The van der Waals surface area contributed by atoms with E-state index in [9.17, 15) is 28.1 Å². The number of nitro benzene ring substituents is 1. The van der Waals surface area contributed by atoms with Crippen molar-refractivity contribution in [1.82, 2.24) is 4.90 Å². The Morgan fingerprint density at radius 1 is 1.09 bits per heavy atom. The normalized spacial score (nSPS) is 15.0. The van der Waals surface area contributed by atoms with E-state index in [-0.39, 0.29) is 22.9 Å². The van der Waals surface area contributed by atoms with Gasteiger partial charge in [0, 0.05) is 43.8 Å². The zero-order valence-corrected chi connectivity index (χ0v) is 18.1. The van der Waals surface area contributed by atoms with Crippen LogP contribution in [-0.2, 0) is 10.9 Å². The highest BCUT2D eigenvalue weighted by Gasteiger charge is 2.34. The molecule has 0 aliphatic carbocycles. The molecule has 0 aromatic heterocycles. The van der Waals surface area contributed by atoms with Crippen molar-refractivity contribution < 1.29 is 27.6 Å². The van der Waals surface area contributed by atoms with Crippen LogP contribution in [0.15, 0.2) is 36.4 Å². The van der Waals surface area contributed by atoms with E-state index in [4.69, 9.17) is 27.9 Å². The minimum absolute atomic E-state index is 0.109. The number of anilines is 1. The van der Waals surface area contributed by atoms with Gasteiger partial charge in [-0.3, -0.25) is 15.0 Å². The lowest BCUT2D eigenvalue weighted by atomic mass is 10.1. The first-order chi connectivity index (χ1) is 15.1.